The molecule has 4 nitrogen and oxygen atoms in total. The molecule has 86 valence electrons. The lowest BCUT2D eigenvalue weighted by Gasteiger charge is -2.07. The lowest BCUT2D eigenvalue weighted by molar-refractivity contribution is 0.185. The number of hydrogen-bond donors (Lipinski definition) is 1. The van der Waals surface area contributed by atoms with E-state index in [4.69, 9.17) is 10.00 Å². The molecule has 0 radical (unpaired) electrons. The van der Waals surface area contributed by atoms with E-state index in [0.717, 1.165) is 22.4 Å². The van der Waals surface area contributed by atoms with Crippen LogP contribution in [0.5, 0.6) is 0 Å². The number of rotatable bonds is 3. The number of ether oxygens (including phenoxy) is 1. The standard InChI is InChI=1S/C13H13N3O/c1-9-3-4-10(8-17-2)5-12(9)13-11(6-14)7-15-16-13/h3-5,7H,8H2,1-2H3,(H,15,16). The minimum Gasteiger partial charge on any atom is -0.380 e. The minimum absolute atomic E-state index is 0.558. The summed E-state index contributed by atoms with van der Waals surface area (Å²) in [5.41, 5.74) is 4.50. The summed E-state index contributed by atoms with van der Waals surface area (Å²) >= 11 is 0. The summed E-state index contributed by atoms with van der Waals surface area (Å²) in [6, 6.07) is 8.19. The molecule has 0 amide bonds. The number of benzene rings is 1. The lowest BCUT2D eigenvalue weighted by Crippen LogP contribution is -1.92. The number of methoxy groups -OCH3 is 1. The quantitative estimate of drug-likeness (QED) is 0.875. The van der Waals surface area contributed by atoms with Gasteiger partial charge in [-0.1, -0.05) is 12.1 Å². The van der Waals surface area contributed by atoms with E-state index in [2.05, 4.69) is 16.3 Å². The van der Waals surface area contributed by atoms with Gasteiger partial charge in [0.25, 0.3) is 0 Å². The zero-order chi connectivity index (χ0) is 12.3. The minimum atomic E-state index is 0.558. The molecule has 1 heterocycles. The summed E-state index contributed by atoms with van der Waals surface area (Å²) < 4.78 is 5.11. The molecule has 0 fully saturated rings. The van der Waals surface area contributed by atoms with E-state index in [-0.39, 0.29) is 0 Å². The highest BCUT2D eigenvalue weighted by molar-refractivity contribution is 5.69. The Labute approximate surface area is 99.9 Å². The molecule has 0 aliphatic heterocycles. The first kappa shape index (κ1) is 11.4. The van der Waals surface area contributed by atoms with Crippen LogP contribution < -0.4 is 0 Å². The second-order valence-electron chi connectivity index (χ2n) is 3.85. The molecule has 0 bridgehead atoms. The Morgan fingerprint density at radius 1 is 1.47 bits per heavy atom. The highest BCUT2D eigenvalue weighted by atomic mass is 16.5. The molecule has 2 aromatic rings. The van der Waals surface area contributed by atoms with Gasteiger partial charge in [0.2, 0.25) is 0 Å². The summed E-state index contributed by atoms with van der Waals surface area (Å²) in [5.74, 6) is 0. The zero-order valence-electron chi connectivity index (χ0n) is 9.82. The average molecular weight is 227 g/mol. The molecule has 0 saturated heterocycles. The van der Waals surface area contributed by atoms with E-state index < -0.39 is 0 Å². The molecule has 0 aliphatic rings. The second-order valence-corrected chi connectivity index (χ2v) is 3.85. The van der Waals surface area contributed by atoms with Crippen molar-refractivity contribution in [3.05, 3.63) is 41.1 Å². The molecule has 2 rings (SSSR count). The fraction of sp³-hybridized carbons (Fsp3) is 0.231. The van der Waals surface area contributed by atoms with E-state index in [0.29, 0.717) is 12.2 Å². The summed E-state index contributed by atoms with van der Waals surface area (Å²) in [6.45, 7) is 2.57. The smallest absolute Gasteiger partial charge is 0.103 e. The summed E-state index contributed by atoms with van der Waals surface area (Å²) in [7, 11) is 1.66. The highest BCUT2D eigenvalue weighted by Crippen LogP contribution is 2.25. The first-order chi connectivity index (χ1) is 8.26. The molecular weight excluding hydrogens is 214 g/mol. The predicted molar refractivity (Wildman–Crippen MR) is 64.2 cm³/mol. The number of hydrogen-bond acceptors (Lipinski definition) is 3. The van der Waals surface area contributed by atoms with Crippen molar-refractivity contribution in [2.75, 3.05) is 7.11 Å². The van der Waals surface area contributed by atoms with E-state index in [1.165, 1.54) is 6.20 Å². The van der Waals surface area contributed by atoms with Gasteiger partial charge in [0, 0.05) is 12.7 Å². The van der Waals surface area contributed by atoms with Crippen molar-refractivity contribution in [1.82, 2.24) is 10.2 Å². The van der Waals surface area contributed by atoms with Gasteiger partial charge in [0.1, 0.15) is 6.07 Å². The van der Waals surface area contributed by atoms with Crippen molar-refractivity contribution in [1.29, 1.82) is 5.26 Å². The van der Waals surface area contributed by atoms with Crippen molar-refractivity contribution < 1.29 is 4.74 Å². The number of H-pyrrole nitrogens is 1. The van der Waals surface area contributed by atoms with Gasteiger partial charge in [-0.2, -0.15) is 10.4 Å². The normalized spacial score (nSPS) is 10.2. The maximum atomic E-state index is 9.00. The van der Waals surface area contributed by atoms with Crippen LogP contribution in [0.3, 0.4) is 0 Å². The molecule has 0 unspecified atom stereocenters. The fourth-order valence-corrected chi connectivity index (χ4v) is 1.77. The largest absolute Gasteiger partial charge is 0.380 e. The van der Waals surface area contributed by atoms with Crippen LogP contribution in [-0.4, -0.2) is 17.3 Å². The summed E-state index contributed by atoms with van der Waals surface area (Å²) in [6.07, 6.45) is 1.54. The third-order valence-corrected chi connectivity index (χ3v) is 2.64. The second kappa shape index (κ2) is 4.81. The predicted octanol–water partition coefficient (Wildman–Crippen LogP) is 2.40. The Kier molecular flexibility index (Phi) is 3.22. The first-order valence-electron chi connectivity index (χ1n) is 5.28. The maximum Gasteiger partial charge on any atom is 0.103 e. The van der Waals surface area contributed by atoms with Crippen LogP contribution in [0, 0.1) is 18.3 Å². The SMILES string of the molecule is COCc1ccc(C)c(-c2[nH]ncc2C#N)c1. The zero-order valence-corrected chi connectivity index (χ0v) is 9.82. The van der Waals surface area contributed by atoms with Crippen LogP contribution in [-0.2, 0) is 11.3 Å². The third kappa shape index (κ3) is 2.19. The fourth-order valence-electron chi connectivity index (χ4n) is 1.77. The highest BCUT2D eigenvalue weighted by Gasteiger charge is 2.10. The Morgan fingerprint density at radius 3 is 3.00 bits per heavy atom. The topological polar surface area (TPSA) is 61.7 Å². The Bertz CT molecular complexity index is 566. The van der Waals surface area contributed by atoms with Crippen LogP contribution in [0.1, 0.15) is 16.7 Å². The monoisotopic (exact) mass is 227 g/mol. The van der Waals surface area contributed by atoms with Crippen LogP contribution >= 0.6 is 0 Å². The molecule has 1 N–H and O–H groups in total. The van der Waals surface area contributed by atoms with Gasteiger partial charge in [0.05, 0.1) is 24.1 Å². The van der Waals surface area contributed by atoms with Gasteiger partial charge in [-0.25, -0.2) is 0 Å². The molecule has 1 aromatic heterocycles. The van der Waals surface area contributed by atoms with Gasteiger partial charge in [-0.3, -0.25) is 5.10 Å². The van der Waals surface area contributed by atoms with Crippen LogP contribution in [0.15, 0.2) is 24.4 Å². The number of nitrogens with one attached hydrogen (secondary N) is 1. The Hall–Kier alpha value is -2.12. The number of aromatic nitrogens is 2. The Morgan fingerprint density at radius 2 is 2.29 bits per heavy atom. The average Bonchev–Trinajstić information content (AvgIpc) is 2.80. The third-order valence-electron chi connectivity index (χ3n) is 2.64. The van der Waals surface area contributed by atoms with E-state index in [9.17, 15) is 0 Å². The van der Waals surface area contributed by atoms with Crippen molar-refractivity contribution in [3.8, 4) is 17.3 Å². The van der Waals surface area contributed by atoms with Crippen LogP contribution in [0.25, 0.3) is 11.3 Å². The number of nitriles is 1. The van der Waals surface area contributed by atoms with Crippen molar-refractivity contribution in [2.24, 2.45) is 0 Å². The van der Waals surface area contributed by atoms with Crippen LogP contribution in [0.4, 0.5) is 0 Å². The van der Waals surface area contributed by atoms with Crippen molar-refractivity contribution in [3.63, 3.8) is 0 Å². The van der Waals surface area contributed by atoms with E-state index >= 15 is 0 Å². The Balaban J connectivity index is 2.51. The van der Waals surface area contributed by atoms with Gasteiger partial charge in [-0.15, -0.1) is 0 Å². The molecular formula is C13H13N3O. The number of nitrogens with zero attached hydrogens (tertiary/aromatic N) is 2. The molecule has 0 saturated carbocycles. The van der Waals surface area contributed by atoms with Gasteiger partial charge < -0.3 is 4.74 Å². The molecule has 17 heavy (non-hydrogen) atoms. The van der Waals surface area contributed by atoms with Gasteiger partial charge in [-0.05, 0) is 24.1 Å². The molecule has 0 spiro atoms. The first-order valence-corrected chi connectivity index (χ1v) is 5.28. The van der Waals surface area contributed by atoms with Gasteiger partial charge in [0.15, 0.2) is 0 Å². The molecule has 0 atom stereocenters. The summed E-state index contributed by atoms with van der Waals surface area (Å²) in [5, 5.41) is 15.8. The van der Waals surface area contributed by atoms with Crippen LogP contribution in [0.2, 0.25) is 0 Å². The van der Waals surface area contributed by atoms with Gasteiger partial charge >= 0.3 is 0 Å². The summed E-state index contributed by atoms with van der Waals surface area (Å²) in [4.78, 5) is 0. The van der Waals surface area contributed by atoms with E-state index in [1.807, 2.05) is 25.1 Å². The molecule has 0 aliphatic carbocycles. The van der Waals surface area contributed by atoms with E-state index in [1.54, 1.807) is 7.11 Å². The molecule has 1 aromatic carbocycles. The number of aromatic amines is 1. The van der Waals surface area contributed by atoms with Crippen molar-refractivity contribution in [2.45, 2.75) is 13.5 Å². The lowest BCUT2D eigenvalue weighted by atomic mass is 10.0. The maximum absolute atomic E-state index is 9.00. The van der Waals surface area contributed by atoms with Crippen molar-refractivity contribution >= 4 is 0 Å². The molecule has 4 heteroatoms. The number of aryl methyl sites for hydroxylation is 1.